The van der Waals surface area contributed by atoms with Crippen LogP contribution in [0.1, 0.15) is 18.9 Å². The number of hydrogen-bond acceptors (Lipinski definition) is 6. The second kappa shape index (κ2) is 7.16. The molecule has 2 aliphatic rings. The van der Waals surface area contributed by atoms with Crippen LogP contribution in [0.4, 0.5) is 5.69 Å². The molecule has 2 aliphatic heterocycles. The maximum Gasteiger partial charge on any atom is 0.263 e. The largest absolute Gasteiger partial charge is 0.490 e. The van der Waals surface area contributed by atoms with Crippen molar-refractivity contribution < 1.29 is 22.7 Å². The highest BCUT2D eigenvalue weighted by Crippen LogP contribution is 2.32. The SMILES string of the molecule is CC(N=C1NS(=O)(=O)c2ccccc21)C(=O)Nc1ccc2c(c1)OCCCO2. The fraction of sp³-hybridized carbons (Fsp3) is 0.263. The molecule has 2 heterocycles. The molecule has 0 aromatic heterocycles. The molecule has 2 aromatic carbocycles. The summed E-state index contributed by atoms with van der Waals surface area (Å²) in [4.78, 5) is 17.0. The molecule has 1 unspecified atom stereocenters. The normalized spacial score (nSPS) is 19.2. The van der Waals surface area contributed by atoms with Gasteiger partial charge in [-0.25, -0.2) is 8.42 Å². The summed E-state index contributed by atoms with van der Waals surface area (Å²) in [5.41, 5.74) is 1.01. The molecular weight excluding hydrogens is 382 g/mol. The number of amidine groups is 1. The zero-order chi connectivity index (χ0) is 19.7. The van der Waals surface area contributed by atoms with Crippen LogP contribution in [0, 0.1) is 0 Å². The molecule has 0 radical (unpaired) electrons. The first-order chi connectivity index (χ1) is 13.4. The summed E-state index contributed by atoms with van der Waals surface area (Å²) in [5, 5.41) is 2.77. The first-order valence-corrected chi connectivity index (χ1v) is 10.3. The highest BCUT2D eigenvalue weighted by molar-refractivity contribution is 7.90. The summed E-state index contributed by atoms with van der Waals surface area (Å²) >= 11 is 0. The zero-order valence-corrected chi connectivity index (χ0v) is 16.0. The average Bonchev–Trinajstić information content (AvgIpc) is 2.82. The molecule has 0 bridgehead atoms. The van der Waals surface area contributed by atoms with E-state index in [2.05, 4.69) is 15.0 Å². The molecule has 2 N–H and O–H groups in total. The first kappa shape index (κ1) is 18.3. The number of amides is 1. The lowest BCUT2D eigenvalue weighted by Crippen LogP contribution is -2.28. The molecule has 4 rings (SSSR count). The maximum atomic E-state index is 12.5. The first-order valence-electron chi connectivity index (χ1n) is 8.84. The van der Waals surface area contributed by atoms with Gasteiger partial charge in [0.1, 0.15) is 11.9 Å². The molecule has 0 saturated carbocycles. The molecule has 0 saturated heterocycles. The molecule has 0 fully saturated rings. The van der Waals surface area contributed by atoms with Crippen molar-refractivity contribution in [3.05, 3.63) is 48.0 Å². The van der Waals surface area contributed by atoms with Gasteiger partial charge in [0.25, 0.3) is 10.0 Å². The highest BCUT2D eigenvalue weighted by Gasteiger charge is 2.31. The van der Waals surface area contributed by atoms with Gasteiger partial charge in [0.15, 0.2) is 11.5 Å². The fourth-order valence-electron chi connectivity index (χ4n) is 2.97. The number of fused-ring (bicyclic) bond motifs is 2. The summed E-state index contributed by atoms with van der Waals surface area (Å²) in [6.45, 7) is 2.74. The van der Waals surface area contributed by atoms with Gasteiger partial charge in [0.05, 0.1) is 18.1 Å². The fourth-order valence-corrected chi connectivity index (χ4v) is 4.21. The lowest BCUT2D eigenvalue weighted by Gasteiger charge is -2.12. The number of aliphatic imine (C=N–C) groups is 1. The third-order valence-electron chi connectivity index (χ3n) is 4.38. The standard InChI is InChI=1S/C19H19N3O5S/c1-12(20-18-14-5-2-3-6-17(14)28(24,25)22-18)19(23)21-13-7-8-15-16(11-13)27-10-4-9-26-15/h2-3,5-8,11-12H,4,9-10H2,1H3,(H,20,22)(H,21,23). The topological polar surface area (TPSA) is 106 Å². The molecule has 0 spiro atoms. The molecule has 9 heteroatoms. The Morgan fingerprint density at radius 3 is 2.71 bits per heavy atom. The minimum Gasteiger partial charge on any atom is -0.490 e. The number of carbonyl (C=O) groups excluding carboxylic acids is 1. The molecule has 2 aromatic rings. The van der Waals surface area contributed by atoms with Crippen molar-refractivity contribution in [2.75, 3.05) is 18.5 Å². The van der Waals surface area contributed by atoms with E-state index >= 15 is 0 Å². The molecular formula is C19H19N3O5S. The Balaban J connectivity index is 1.52. The van der Waals surface area contributed by atoms with Gasteiger partial charge in [-0.15, -0.1) is 0 Å². The minimum absolute atomic E-state index is 0.157. The molecule has 8 nitrogen and oxygen atoms in total. The smallest absolute Gasteiger partial charge is 0.263 e. The van der Waals surface area contributed by atoms with E-state index in [1.807, 2.05) is 0 Å². The third-order valence-corrected chi connectivity index (χ3v) is 5.78. The van der Waals surface area contributed by atoms with E-state index < -0.39 is 16.1 Å². The van der Waals surface area contributed by atoms with E-state index in [1.165, 1.54) is 6.07 Å². The van der Waals surface area contributed by atoms with E-state index in [0.717, 1.165) is 6.42 Å². The summed E-state index contributed by atoms with van der Waals surface area (Å²) in [6, 6.07) is 10.9. The molecule has 1 atom stereocenters. The number of ether oxygens (including phenoxy) is 2. The van der Waals surface area contributed by atoms with E-state index in [4.69, 9.17) is 9.47 Å². The van der Waals surface area contributed by atoms with Gasteiger partial charge in [-0.3, -0.25) is 14.5 Å². The zero-order valence-electron chi connectivity index (χ0n) is 15.1. The maximum absolute atomic E-state index is 12.5. The quantitative estimate of drug-likeness (QED) is 0.817. The van der Waals surface area contributed by atoms with Crippen molar-refractivity contribution in [2.45, 2.75) is 24.3 Å². The van der Waals surface area contributed by atoms with Crippen molar-refractivity contribution in [1.82, 2.24) is 4.72 Å². The second-order valence-corrected chi connectivity index (χ2v) is 8.11. The number of rotatable bonds is 3. The Bertz CT molecular complexity index is 1060. The van der Waals surface area contributed by atoms with Crippen molar-refractivity contribution in [1.29, 1.82) is 0 Å². The van der Waals surface area contributed by atoms with Gasteiger partial charge < -0.3 is 14.8 Å². The lowest BCUT2D eigenvalue weighted by molar-refractivity contribution is -0.117. The molecule has 146 valence electrons. The van der Waals surface area contributed by atoms with Gasteiger partial charge in [-0.1, -0.05) is 12.1 Å². The van der Waals surface area contributed by atoms with E-state index in [-0.39, 0.29) is 16.6 Å². The van der Waals surface area contributed by atoms with Gasteiger partial charge in [0, 0.05) is 23.7 Å². The molecule has 1 amide bonds. The van der Waals surface area contributed by atoms with Crippen LogP contribution in [0.3, 0.4) is 0 Å². The lowest BCUT2D eigenvalue weighted by atomic mass is 10.2. The minimum atomic E-state index is -3.64. The van der Waals surface area contributed by atoms with Crippen LogP contribution in [-0.2, 0) is 14.8 Å². The van der Waals surface area contributed by atoms with Crippen LogP contribution >= 0.6 is 0 Å². The Hall–Kier alpha value is -3.07. The second-order valence-electron chi connectivity index (χ2n) is 6.46. The van der Waals surface area contributed by atoms with E-state index in [0.29, 0.717) is 36.0 Å². The molecule has 28 heavy (non-hydrogen) atoms. The Morgan fingerprint density at radius 2 is 1.89 bits per heavy atom. The van der Waals surface area contributed by atoms with Crippen molar-refractivity contribution in [2.24, 2.45) is 4.99 Å². The van der Waals surface area contributed by atoms with Crippen LogP contribution in [0.15, 0.2) is 52.4 Å². The van der Waals surface area contributed by atoms with Crippen LogP contribution < -0.4 is 19.5 Å². The van der Waals surface area contributed by atoms with Gasteiger partial charge in [0.2, 0.25) is 5.91 Å². The summed E-state index contributed by atoms with van der Waals surface area (Å²) < 4.78 is 37.9. The monoisotopic (exact) mass is 401 g/mol. The highest BCUT2D eigenvalue weighted by atomic mass is 32.2. The number of anilines is 1. The number of benzene rings is 2. The Labute approximate surface area is 162 Å². The van der Waals surface area contributed by atoms with Crippen LogP contribution in [0.5, 0.6) is 11.5 Å². The number of nitrogens with one attached hydrogen (secondary N) is 2. The summed E-state index contributed by atoms with van der Waals surface area (Å²) in [7, 11) is -3.64. The van der Waals surface area contributed by atoms with Gasteiger partial charge in [-0.05, 0) is 31.2 Å². The van der Waals surface area contributed by atoms with Crippen LogP contribution in [-0.4, -0.2) is 39.4 Å². The number of nitrogens with zero attached hydrogens (tertiary/aromatic N) is 1. The predicted octanol–water partition coefficient (Wildman–Crippen LogP) is 1.91. The van der Waals surface area contributed by atoms with Crippen molar-refractivity contribution in [3.8, 4) is 11.5 Å². The molecule has 0 aliphatic carbocycles. The van der Waals surface area contributed by atoms with Crippen molar-refractivity contribution >= 4 is 27.5 Å². The Kier molecular flexibility index (Phi) is 4.68. The number of hydrogen-bond donors (Lipinski definition) is 2. The number of sulfonamides is 1. The third kappa shape index (κ3) is 3.53. The number of carbonyl (C=O) groups is 1. The average molecular weight is 401 g/mol. The Morgan fingerprint density at radius 1 is 1.14 bits per heavy atom. The predicted molar refractivity (Wildman–Crippen MR) is 103 cm³/mol. The van der Waals surface area contributed by atoms with Gasteiger partial charge in [-0.2, -0.15) is 0 Å². The van der Waals surface area contributed by atoms with Crippen LogP contribution in [0.25, 0.3) is 0 Å². The van der Waals surface area contributed by atoms with E-state index in [9.17, 15) is 13.2 Å². The van der Waals surface area contributed by atoms with Crippen molar-refractivity contribution in [3.63, 3.8) is 0 Å². The van der Waals surface area contributed by atoms with Crippen LogP contribution in [0.2, 0.25) is 0 Å². The van der Waals surface area contributed by atoms with Gasteiger partial charge >= 0.3 is 0 Å². The summed E-state index contributed by atoms with van der Waals surface area (Å²) in [6.07, 6.45) is 0.794. The summed E-state index contributed by atoms with van der Waals surface area (Å²) in [5.74, 6) is 1.01. The van der Waals surface area contributed by atoms with E-state index in [1.54, 1.807) is 43.3 Å².